The second-order valence-electron chi connectivity index (χ2n) is 4.23. The number of nitrogens with two attached hydrogens (primary N) is 1. The van der Waals surface area contributed by atoms with Crippen LogP contribution in [-0.4, -0.2) is 25.2 Å². The Bertz CT molecular complexity index is 629. The molecule has 0 fully saturated rings. The van der Waals surface area contributed by atoms with E-state index in [0.29, 0.717) is 11.5 Å². The van der Waals surface area contributed by atoms with Crippen LogP contribution in [0.5, 0.6) is 11.5 Å². The van der Waals surface area contributed by atoms with E-state index in [9.17, 15) is 4.79 Å². The lowest BCUT2D eigenvalue weighted by Crippen LogP contribution is -2.10. The molecule has 6 nitrogen and oxygen atoms in total. The van der Waals surface area contributed by atoms with Crippen LogP contribution in [0.1, 0.15) is 15.9 Å². The second-order valence-corrected chi connectivity index (χ2v) is 4.23. The molecule has 0 atom stereocenters. The number of pyridine rings is 1. The topological polar surface area (TPSA) is 83.7 Å². The number of esters is 1. The molecule has 1 aromatic carbocycles. The Morgan fingerprint density at radius 3 is 2.71 bits per heavy atom. The van der Waals surface area contributed by atoms with Crippen molar-refractivity contribution in [1.82, 2.24) is 4.98 Å². The minimum absolute atomic E-state index is 0.117. The summed E-state index contributed by atoms with van der Waals surface area (Å²) in [6, 6.07) is 6.71. The smallest absolute Gasteiger partial charge is 0.340 e. The zero-order valence-electron chi connectivity index (χ0n) is 11.8. The van der Waals surface area contributed by atoms with Crippen LogP contribution in [-0.2, 0) is 11.3 Å². The summed E-state index contributed by atoms with van der Waals surface area (Å²) in [5.74, 6) is 0.283. The number of rotatable bonds is 5. The number of nitrogens with zero attached hydrogens (tertiary/aromatic N) is 1. The van der Waals surface area contributed by atoms with E-state index in [2.05, 4.69) is 4.98 Å². The van der Waals surface area contributed by atoms with Crippen molar-refractivity contribution in [2.24, 2.45) is 0 Å². The zero-order chi connectivity index (χ0) is 15.2. The number of carbonyl (C=O) groups excluding carboxylic acids is 1. The molecule has 0 bridgehead atoms. The van der Waals surface area contributed by atoms with Crippen LogP contribution in [0.3, 0.4) is 0 Å². The van der Waals surface area contributed by atoms with Gasteiger partial charge in [0.15, 0.2) is 0 Å². The fourth-order valence-corrected chi connectivity index (χ4v) is 1.77. The fourth-order valence-electron chi connectivity index (χ4n) is 1.77. The number of hydrogen-bond acceptors (Lipinski definition) is 6. The molecule has 0 unspecified atom stereocenters. The number of benzene rings is 1. The number of carbonyl (C=O) groups is 1. The lowest BCUT2D eigenvalue weighted by Gasteiger charge is -2.12. The lowest BCUT2D eigenvalue weighted by molar-refractivity contribution is 0.0473. The summed E-state index contributed by atoms with van der Waals surface area (Å²) in [5, 5.41) is 0. The summed E-state index contributed by atoms with van der Waals surface area (Å²) in [4.78, 5) is 16.1. The third-order valence-electron chi connectivity index (χ3n) is 2.88. The Morgan fingerprint density at radius 2 is 2.10 bits per heavy atom. The van der Waals surface area contributed by atoms with Crippen molar-refractivity contribution in [2.75, 3.05) is 20.0 Å². The first-order chi connectivity index (χ1) is 10.2. The van der Waals surface area contributed by atoms with Crippen LogP contribution in [0.2, 0.25) is 0 Å². The first kappa shape index (κ1) is 14.6. The van der Waals surface area contributed by atoms with Crippen molar-refractivity contribution in [3.63, 3.8) is 0 Å². The van der Waals surface area contributed by atoms with E-state index in [4.69, 9.17) is 19.9 Å². The molecule has 2 rings (SSSR count). The van der Waals surface area contributed by atoms with Crippen molar-refractivity contribution >= 4 is 11.7 Å². The zero-order valence-corrected chi connectivity index (χ0v) is 11.8. The van der Waals surface area contributed by atoms with Gasteiger partial charge in [0, 0.05) is 24.0 Å². The normalized spacial score (nSPS) is 10.0. The van der Waals surface area contributed by atoms with Gasteiger partial charge in [-0.2, -0.15) is 0 Å². The van der Waals surface area contributed by atoms with Gasteiger partial charge in [0.25, 0.3) is 0 Å². The molecule has 0 spiro atoms. The molecule has 1 heterocycles. The first-order valence-electron chi connectivity index (χ1n) is 6.23. The van der Waals surface area contributed by atoms with E-state index in [1.807, 2.05) is 6.07 Å². The van der Waals surface area contributed by atoms with E-state index in [-0.39, 0.29) is 17.9 Å². The molecule has 2 N–H and O–H groups in total. The van der Waals surface area contributed by atoms with Crippen molar-refractivity contribution in [3.8, 4) is 11.5 Å². The summed E-state index contributed by atoms with van der Waals surface area (Å²) in [5.41, 5.74) is 7.11. The second kappa shape index (κ2) is 6.60. The largest absolute Gasteiger partial charge is 0.497 e. The van der Waals surface area contributed by atoms with Crippen LogP contribution < -0.4 is 15.2 Å². The Morgan fingerprint density at radius 1 is 1.29 bits per heavy atom. The van der Waals surface area contributed by atoms with E-state index in [1.165, 1.54) is 20.3 Å². The van der Waals surface area contributed by atoms with Gasteiger partial charge in [-0.05, 0) is 12.1 Å². The van der Waals surface area contributed by atoms with Gasteiger partial charge in [0.2, 0.25) is 0 Å². The molecule has 0 aliphatic rings. The molecular weight excluding hydrogens is 272 g/mol. The molecule has 110 valence electrons. The molecule has 0 saturated heterocycles. The van der Waals surface area contributed by atoms with Gasteiger partial charge < -0.3 is 19.9 Å². The molecule has 2 aromatic rings. The maximum atomic E-state index is 12.1. The van der Waals surface area contributed by atoms with Crippen LogP contribution in [0.25, 0.3) is 0 Å². The summed E-state index contributed by atoms with van der Waals surface area (Å²) in [6.07, 6.45) is 3.28. The maximum absolute atomic E-state index is 12.1. The van der Waals surface area contributed by atoms with E-state index in [0.717, 1.165) is 5.56 Å². The first-order valence-corrected chi connectivity index (χ1v) is 6.23. The average Bonchev–Trinajstić information content (AvgIpc) is 2.53. The Balaban J connectivity index is 2.18. The fraction of sp³-hybridized carbons (Fsp3) is 0.200. The van der Waals surface area contributed by atoms with Crippen LogP contribution >= 0.6 is 0 Å². The summed E-state index contributed by atoms with van der Waals surface area (Å²) in [6.45, 7) is 0.117. The molecule has 6 heteroatoms. The van der Waals surface area contributed by atoms with Gasteiger partial charge in [-0.15, -0.1) is 0 Å². The highest BCUT2D eigenvalue weighted by atomic mass is 16.5. The van der Waals surface area contributed by atoms with E-state index >= 15 is 0 Å². The SMILES string of the molecule is COc1cc(OC)c(N)c(C(=O)OCc2cccnc2)c1. The lowest BCUT2D eigenvalue weighted by atomic mass is 10.1. The number of methoxy groups -OCH3 is 2. The Hall–Kier alpha value is -2.76. The van der Waals surface area contributed by atoms with Gasteiger partial charge in [0.1, 0.15) is 18.1 Å². The highest BCUT2D eigenvalue weighted by molar-refractivity contribution is 5.97. The van der Waals surface area contributed by atoms with Crippen LogP contribution in [0.4, 0.5) is 5.69 Å². The van der Waals surface area contributed by atoms with Gasteiger partial charge in [0.05, 0.1) is 25.5 Å². The predicted octanol–water partition coefficient (Wildman–Crippen LogP) is 2.04. The minimum atomic E-state index is -0.548. The Kier molecular flexibility index (Phi) is 4.61. The van der Waals surface area contributed by atoms with Crippen molar-refractivity contribution < 1.29 is 19.0 Å². The summed E-state index contributed by atoms with van der Waals surface area (Å²) >= 11 is 0. The van der Waals surface area contributed by atoms with E-state index < -0.39 is 5.97 Å². The van der Waals surface area contributed by atoms with Gasteiger partial charge in [-0.3, -0.25) is 4.98 Å². The molecule has 21 heavy (non-hydrogen) atoms. The van der Waals surface area contributed by atoms with Crippen LogP contribution in [0.15, 0.2) is 36.7 Å². The van der Waals surface area contributed by atoms with Crippen LogP contribution in [0, 0.1) is 0 Å². The van der Waals surface area contributed by atoms with Crippen molar-refractivity contribution in [1.29, 1.82) is 0 Å². The molecule has 0 aliphatic heterocycles. The number of ether oxygens (including phenoxy) is 3. The quantitative estimate of drug-likeness (QED) is 0.669. The summed E-state index contributed by atoms with van der Waals surface area (Å²) < 4.78 is 15.5. The monoisotopic (exact) mass is 288 g/mol. The standard InChI is InChI=1S/C15H16N2O4/c1-19-11-6-12(14(16)13(7-11)20-2)15(18)21-9-10-4-3-5-17-8-10/h3-8H,9,16H2,1-2H3. The number of nitrogen functional groups attached to an aromatic ring is 1. The third-order valence-corrected chi connectivity index (χ3v) is 2.88. The van der Waals surface area contributed by atoms with Gasteiger partial charge in [-0.1, -0.05) is 6.07 Å². The molecule has 0 saturated carbocycles. The van der Waals surface area contributed by atoms with Gasteiger partial charge >= 0.3 is 5.97 Å². The number of anilines is 1. The minimum Gasteiger partial charge on any atom is -0.497 e. The third kappa shape index (κ3) is 3.42. The van der Waals surface area contributed by atoms with E-state index in [1.54, 1.807) is 24.5 Å². The van der Waals surface area contributed by atoms with Crippen molar-refractivity contribution in [2.45, 2.75) is 6.61 Å². The van der Waals surface area contributed by atoms with Gasteiger partial charge in [-0.25, -0.2) is 4.79 Å². The highest BCUT2D eigenvalue weighted by Crippen LogP contribution is 2.31. The number of aromatic nitrogens is 1. The molecule has 0 amide bonds. The highest BCUT2D eigenvalue weighted by Gasteiger charge is 2.17. The van der Waals surface area contributed by atoms with Crippen molar-refractivity contribution in [3.05, 3.63) is 47.8 Å². The molecule has 0 radical (unpaired) electrons. The molecule has 0 aliphatic carbocycles. The predicted molar refractivity (Wildman–Crippen MR) is 77.3 cm³/mol. The molecule has 1 aromatic heterocycles. The number of hydrogen-bond donors (Lipinski definition) is 1. The molecular formula is C15H16N2O4. The maximum Gasteiger partial charge on any atom is 0.340 e. The average molecular weight is 288 g/mol. The summed E-state index contributed by atoms with van der Waals surface area (Å²) in [7, 11) is 2.96. The Labute approximate surface area is 122 Å².